The minimum Gasteiger partial charge on any atom is -0.455 e. The van der Waals surface area contributed by atoms with Crippen LogP contribution in [-0.2, 0) is 19.1 Å². The van der Waals surface area contributed by atoms with Crippen LogP contribution in [0.25, 0.3) is 0 Å². The van der Waals surface area contributed by atoms with Gasteiger partial charge in [-0.25, -0.2) is 0 Å². The van der Waals surface area contributed by atoms with Crippen molar-refractivity contribution in [3.63, 3.8) is 0 Å². The average molecular weight is 488 g/mol. The molecule has 0 aliphatic carbocycles. The minimum absolute atomic E-state index is 0.0219. The maximum atomic E-state index is 12.4. The summed E-state index contributed by atoms with van der Waals surface area (Å²) in [6, 6.07) is 12.3. The monoisotopic (exact) mass is 487 g/mol. The number of halogens is 1. The molecule has 2 N–H and O–H groups in total. The third-order valence-electron chi connectivity index (χ3n) is 4.87. The van der Waals surface area contributed by atoms with Crippen LogP contribution in [0.1, 0.15) is 27.9 Å². The molecule has 0 radical (unpaired) electrons. The molecule has 2 aromatic carbocycles. The Morgan fingerprint density at radius 2 is 1.81 bits per heavy atom. The van der Waals surface area contributed by atoms with E-state index in [0.717, 1.165) is 21.3 Å². The molecule has 1 fully saturated rings. The molecule has 8 nitrogen and oxygen atoms in total. The maximum Gasteiger partial charge on any atom is 0.311 e. The van der Waals surface area contributed by atoms with Gasteiger partial charge in [-0.2, -0.15) is 0 Å². The zero-order valence-electron chi connectivity index (χ0n) is 17.1. The number of carbonyl (C=O) groups excluding carboxylic acids is 4. The molecule has 1 aliphatic rings. The highest BCUT2D eigenvalue weighted by Gasteiger charge is 2.36. The third-order valence-corrected chi connectivity index (χ3v) is 5.40. The molecule has 162 valence electrons. The largest absolute Gasteiger partial charge is 0.455 e. The van der Waals surface area contributed by atoms with E-state index in [1.165, 1.54) is 0 Å². The molecule has 0 saturated carbocycles. The first-order valence-electron chi connectivity index (χ1n) is 9.63. The van der Waals surface area contributed by atoms with Crippen LogP contribution in [0, 0.1) is 19.8 Å². The lowest BCUT2D eigenvalue weighted by molar-refractivity contribution is -0.152. The summed E-state index contributed by atoms with van der Waals surface area (Å²) in [6.07, 6.45) is 0.0219. The van der Waals surface area contributed by atoms with Crippen molar-refractivity contribution in [2.24, 2.45) is 5.92 Å². The molecular formula is C22H22BrN3O5. The molecule has 0 aromatic heterocycles. The number of benzene rings is 2. The zero-order valence-corrected chi connectivity index (χ0v) is 18.7. The topological polar surface area (TPSA) is 105 Å². The summed E-state index contributed by atoms with van der Waals surface area (Å²) in [4.78, 5) is 50.1. The quantitative estimate of drug-likeness (QED) is 0.497. The normalized spacial score (nSPS) is 15.5. The SMILES string of the molecule is Cc1ccc(N2C[C@@H](C(=O)OCC(=O)NNC(=O)c3ccc(Br)cc3)CC2=O)c(C)c1. The van der Waals surface area contributed by atoms with Gasteiger partial charge in [-0.15, -0.1) is 0 Å². The van der Waals surface area contributed by atoms with E-state index in [4.69, 9.17) is 4.74 Å². The lowest BCUT2D eigenvalue weighted by atomic mass is 10.1. The molecule has 1 saturated heterocycles. The number of aryl methyl sites for hydroxylation is 2. The first kappa shape index (κ1) is 22.5. The van der Waals surface area contributed by atoms with Gasteiger partial charge >= 0.3 is 5.97 Å². The summed E-state index contributed by atoms with van der Waals surface area (Å²) in [6.45, 7) is 3.51. The zero-order chi connectivity index (χ0) is 22.5. The highest BCUT2D eigenvalue weighted by atomic mass is 79.9. The molecule has 1 aliphatic heterocycles. The van der Waals surface area contributed by atoms with Gasteiger partial charge in [-0.1, -0.05) is 33.6 Å². The fourth-order valence-electron chi connectivity index (χ4n) is 3.30. The lowest BCUT2D eigenvalue weighted by Crippen LogP contribution is -2.43. The highest BCUT2D eigenvalue weighted by molar-refractivity contribution is 9.10. The molecule has 0 spiro atoms. The van der Waals surface area contributed by atoms with Crippen molar-refractivity contribution in [2.45, 2.75) is 20.3 Å². The van der Waals surface area contributed by atoms with E-state index in [0.29, 0.717) is 5.56 Å². The number of nitrogens with zero attached hydrogens (tertiary/aromatic N) is 1. The second-order valence-corrected chi connectivity index (χ2v) is 8.23. The van der Waals surface area contributed by atoms with Crippen molar-refractivity contribution in [1.82, 2.24) is 10.9 Å². The van der Waals surface area contributed by atoms with Crippen LogP contribution in [-0.4, -0.2) is 36.8 Å². The van der Waals surface area contributed by atoms with Gasteiger partial charge in [0, 0.05) is 28.7 Å². The molecule has 9 heteroatoms. The van der Waals surface area contributed by atoms with Crippen LogP contribution in [0.4, 0.5) is 5.69 Å². The standard InChI is InChI=1S/C22H22BrN3O5/c1-13-3-8-18(14(2)9-13)26-11-16(10-20(26)28)22(30)31-12-19(27)24-25-21(29)15-4-6-17(23)7-5-15/h3-9,16H,10-12H2,1-2H3,(H,24,27)(H,25,29)/t16-/m0/s1. The summed E-state index contributed by atoms with van der Waals surface area (Å²) in [5.74, 6) is -2.64. The Balaban J connectivity index is 1.47. The van der Waals surface area contributed by atoms with E-state index in [1.54, 1.807) is 29.2 Å². The van der Waals surface area contributed by atoms with Gasteiger partial charge in [0.25, 0.3) is 11.8 Å². The molecular weight excluding hydrogens is 466 g/mol. The Bertz CT molecular complexity index is 1020. The summed E-state index contributed by atoms with van der Waals surface area (Å²) < 4.78 is 5.86. The number of ether oxygens (including phenoxy) is 1. The number of anilines is 1. The Labute approximate surface area is 188 Å². The van der Waals surface area contributed by atoms with Crippen LogP contribution in [0.2, 0.25) is 0 Å². The number of esters is 1. The fraction of sp³-hybridized carbons (Fsp3) is 0.273. The van der Waals surface area contributed by atoms with E-state index >= 15 is 0 Å². The molecule has 1 heterocycles. The molecule has 2 aromatic rings. The van der Waals surface area contributed by atoms with Crippen LogP contribution >= 0.6 is 15.9 Å². The number of carbonyl (C=O) groups is 4. The molecule has 31 heavy (non-hydrogen) atoms. The van der Waals surface area contributed by atoms with E-state index < -0.39 is 30.3 Å². The molecule has 1 atom stereocenters. The number of amides is 3. The van der Waals surface area contributed by atoms with Gasteiger partial charge in [-0.05, 0) is 49.7 Å². The first-order valence-corrected chi connectivity index (χ1v) is 10.4. The lowest BCUT2D eigenvalue weighted by Gasteiger charge is -2.19. The summed E-state index contributed by atoms with van der Waals surface area (Å²) in [5.41, 5.74) is 7.60. The van der Waals surface area contributed by atoms with Crippen molar-refractivity contribution < 1.29 is 23.9 Å². The molecule has 3 amide bonds. The van der Waals surface area contributed by atoms with Gasteiger partial charge in [0.05, 0.1) is 5.92 Å². The van der Waals surface area contributed by atoms with Crippen LogP contribution in [0.5, 0.6) is 0 Å². The summed E-state index contributed by atoms with van der Waals surface area (Å²) >= 11 is 3.27. The molecule has 0 unspecified atom stereocenters. The Kier molecular flexibility index (Phi) is 7.06. The Morgan fingerprint density at radius 1 is 1.10 bits per heavy atom. The van der Waals surface area contributed by atoms with Gasteiger partial charge in [-0.3, -0.25) is 30.0 Å². The molecule has 3 rings (SSSR count). The average Bonchev–Trinajstić information content (AvgIpc) is 3.12. The van der Waals surface area contributed by atoms with E-state index in [1.807, 2.05) is 32.0 Å². The first-order chi connectivity index (χ1) is 14.7. The Hall–Kier alpha value is -3.20. The summed E-state index contributed by atoms with van der Waals surface area (Å²) in [5, 5.41) is 0. The fourth-order valence-corrected chi connectivity index (χ4v) is 3.56. The maximum absolute atomic E-state index is 12.4. The minimum atomic E-state index is -0.686. The number of nitrogens with one attached hydrogen (secondary N) is 2. The van der Waals surface area contributed by atoms with Crippen molar-refractivity contribution in [3.8, 4) is 0 Å². The third kappa shape index (κ3) is 5.69. The van der Waals surface area contributed by atoms with Gasteiger partial charge in [0.1, 0.15) is 0 Å². The summed E-state index contributed by atoms with van der Waals surface area (Å²) in [7, 11) is 0. The predicted molar refractivity (Wildman–Crippen MR) is 117 cm³/mol. The van der Waals surface area contributed by atoms with Gasteiger partial charge in [0.15, 0.2) is 6.61 Å². The van der Waals surface area contributed by atoms with Crippen LogP contribution < -0.4 is 15.8 Å². The molecule has 0 bridgehead atoms. The predicted octanol–water partition coefficient (Wildman–Crippen LogP) is 2.42. The van der Waals surface area contributed by atoms with Crippen LogP contribution in [0.3, 0.4) is 0 Å². The van der Waals surface area contributed by atoms with Gasteiger partial charge < -0.3 is 9.64 Å². The van der Waals surface area contributed by atoms with Gasteiger partial charge in [0.2, 0.25) is 5.91 Å². The Morgan fingerprint density at radius 3 is 2.48 bits per heavy atom. The van der Waals surface area contributed by atoms with E-state index in [2.05, 4.69) is 26.8 Å². The second-order valence-electron chi connectivity index (χ2n) is 7.31. The van der Waals surface area contributed by atoms with Crippen molar-refractivity contribution in [1.29, 1.82) is 0 Å². The van der Waals surface area contributed by atoms with Crippen molar-refractivity contribution in [2.75, 3.05) is 18.1 Å². The van der Waals surface area contributed by atoms with E-state index in [-0.39, 0.29) is 18.9 Å². The second kappa shape index (κ2) is 9.74. The van der Waals surface area contributed by atoms with Crippen molar-refractivity contribution in [3.05, 3.63) is 63.6 Å². The number of hydrazine groups is 1. The van der Waals surface area contributed by atoms with Crippen LogP contribution in [0.15, 0.2) is 46.9 Å². The number of hydrogen-bond acceptors (Lipinski definition) is 5. The smallest absolute Gasteiger partial charge is 0.311 e. The number of rotatable bonds is 5. The number of hydrogen-bond donors (Lipinski definition) is 2. The highest BCUT2D eigenvalue weighted by Crippen LogP contribution is 2.29. The van der Waals surface area contributed by atoms with E-state index in [9.17, 15) is 19.2 Å². The van der Waals surface area contributed by atoms with Crippen molar-refractivity contribution >= 4 is 45.3 Å².